The minimum absolute atomic E-state index is 0.0610. The number of carbonyl (C=O) groups excluding carboxylic acids is 1. The van der Waals surface area contributed by atoms with Crippen LogP contribution in [0.5, 0.6) is 11.5 Å². The molecule has 1 fully saturated rings. The molecule has 5 rings (SSSR count). The van der Waals surface area contributed by atoms with E-state index in [2.05, 4.69) is 25.7 Å². The molecular weight excluding hydrogens is 472 g/mol. The van der Waals surface area contributed by atoms with Crippen molar-refractivity contribution in [3.8, 4) is 11.5 Å². The molecule has 8 heteroatoms. The van der Waals surface area contributed by atoms with Gasteiger partial charge in [-0.2, -0.15) is 0 Å². The van der Waals surface area contributed by atoms with Crippen LogP contribution in [0, 0.1) is 18.3 Å². The first-order chi connectivity index (χ1) is 17.2. The van der Waals surface area contributed by atoms with E-state index in [0.29, 0.717) is 41.5 Å². The lowest BCUT2D eigenvalue weighted by Gasteiger charge is -2.36. The van der Waals surface area contributed by atoms with Crippen molar-refractivity contribution in [2.24, 2.45) is 11.3 Å². The number of rotatable bonds is 4. The molecule has 1 atom stereocenters. The molecule has 1 amide bonds. The normalized spacial score (nSPS) is 18.3. The zero-order chi connectivity index (χ0) is 25.6. The Bertz CT molecular complexity index is 1270. The summed E-state index contributed by atoms with van der Waals surface area (Å²) in [6, 6.07) is 5.44. The molecule has 1 aliphatic carbocycles. The average molecular weight is 509 g/mol. The van der Waals surface area contributed by atoms with E-state index >= 15 is 0 Å². The second-order valence-electron chi connectivity index (χ2n) is 10.9. The topological polar surface area (TPSA) is 67.8 Å². The molecule has 1 aliphatic heterocycles. The molecule has 36 heavy (non-hydrogen) atoms. The standard InChI is InChI=1S/C28H36N4O3S/c1-17-29-25(23-19-11-10-18(28(2,3)4)16-22(19)36-26(23)30-17)31-12-14-32(15-13-31)27(33)24-20(34-5)8-7-9-21(24)35-6/h7-9,18H,10-16H2,1-6H3/t18-/m0/s1. The van der Waals surface area contributed by atoms with Gasteiger partial charge >= 0.3 is 0 Å². The Labute approximate surface area is 217 Å². The number of fused-ring (bicyclic) bond motifs is 3. The first kappa shape index (κ1) is 24.8. The SMILES string of the molecule is COc1cccc(OC)c1C(=O)N1CCN(c2nc(C)nc3sc4c(c23)CC[C@H](C(C)(C)C)C4)CC1. The number of piperazine rings is 1. The van der Waals surface area contributed by atoms with Gasteiger partial charge in [-0.25, -0.2) is 9.97 Å². The number of nitrogens with zero attached hydrogens (tertiary/aromatic N) is 4. The lowest BCUT2D eigenvalue weighted by atomic mass is 9.72. The van der Waals surface area contributed by atoms with Crippen LogP contribution in [0.4, 0.5) is 5.82 Å². The van der Waals surface area contributed by atoms with E-state index < -0.39 is 0 Å². The van der Waals surface area contributed by atoms with Crippen LogP contribution < -0.4 is 14.4 Å². The van der Waals surface area contributed by atoms with Gasteiger partial charge in [0.1, 0.15) is 33.5 Å². The van der Waals surface area contributed by atoms with Gasteiger partial charge in [0.15, 0.2) is 0 Å². The van der Waals surface area contributed by atoms with Crippen LogP contribution in [0.2, 0.25) is 0 Å². The summed E-state index contributed by atoms with van der Waals surface area (Å²) in [5, 5.41) is 1.24. The lowest BCUT2D eigenvalue weighted by molar-refractivity contribution is 0.0739. The quantitative estimate of drug-likeness (QED) is 0.487. The largest absolute Gasteiger partial charge is 0.496 e. The summed E-state index contributed by atoms with van der Waals surface area (Å²) in [5.41, 5.74) is 2.24. The van der Waals surface area contributed by atoms with Crippen molar-refractivity contribution in [1.29, 1.82) is 0 Å². The van der Waals surface area contributed by atoms with Gasteiger partial charge in [0.05, 0.1) is 19.6 Å². The number of hydrogen-bond donors (Lipinski definition) is 0. The summed E-state index contributed by atoms with van der Waals surface area (Å²) in [6.07, 6.45) is 3.42. The van der Waals surface area contributed by atoms with E-state index in [0.717, 1.165) is 42.4 Å². The first-order valence-electron chi connectivity index (χ1n) is 12.7. The predicted octanol–water partition coefficient (Wildman–Crippen LogP) is 5.13. The second-order valence-corrected chi connectivity index (χ2v) is 12.0. The van der Waals surface area contributed by atoms with Gasteiger partial charge < -0.3 is 19.3 Å². The number of benzene rings is 1. The molecule has 2 aromatic heterocycles. The highest BCUT2D eigenvalue weighted by atomic mass is 32.1. The molecule has 0 N–H and O–H groups in total. The molecule has 192 valence electrons. The van der Waals surface area contributed by atoms with Crippen LogP contribution in [-0.4, -0.2) is 61.2 Å². The fourth-order valence-electron chi connectivity index (χ4n) is 5.57. The number of aryl methyl sites for hydroxylation is 2. The molecule has 2 aliphatic rings. The van der Waals surface area contributed by atoms with Crippen LogP contribution in [0.1, 0.15) is 53.8 Å². The number of amides is 1. The van der Waals surface area contributed by atoms with Crippen LogP contribution in [-0.2, 0) is 12.8 Å². The smallest absolute Gasteiger partial charge is 0.261 e. The van der Waals surface area contributed by atoms with Crippen molar-refractivity contribution >= 4 is 33.3 Å². The van der Waals surface area contributed by atoms with Gasteiger partial charge in [-0.3, -0.25) is 4.79 Å². The van der Waals surface area contributed by atoms with E-state index in [4.69, 9.17) is 19.4 Å². The van der Waals surface area contributed by atoms with Gasteiger partial charge in [0, 0.05) is 31.1 Å². The average Bonchev–Trinajstić information content (AvgIpc) is 3.24. The van der Waals surface area contributed by atoms with Crippen molar-refractivity contribution in [1.82, 2.24) is 14.9 Å². The highest BCUT2D eigenvalue weighted by Gasteiger charge is 2.33. The van der Waals surface area contributed by atoms with E-state index in [9.17, 15) is 4.79 Å². The Balaban J connectivity index is 1.40. The lowest BCUT2D eigenvalue weighted by Crippen LogP contribution is -2.49. The Hall–Kier alpha value is -2.87. The summed E-state index contributed by atoms with van der Waals surface area (Å²) in [4.78, 5) is 30.0. The molecule has 1 saturated heterocycles. The zero-order valence-electron chi connectivity index (χ0n) is 22.2. The van der Waals surface area contributed by atoms with E-state index in [1.165, 1.54) is 22.2 Å². The van der Waals surface area contributed by atoms with Crippen LogP contribution in [0.15, 0.2) is 18.2 Å². The van der Waals surface area contributed by atoms with Gasteiger partial charge in [0.25, 0.3) is 5.91 Å². The fourth-order valence-corrected chi connectivity index (χ4v) is 6.91. The molecule has 1 aromatic carbocycles. The second kappa shape index (κ2) is 9.54. The number of ether oxygens (including phenoxy) is 2. The van der Waals surface area contributed by atoms with Crippen LogP contribution in [0.25, 0.3) is 10.2 Å². The van der Waals surface area contributed by atoms with Crippen LogP contribution in [0.3, 0.4) is 0 Å². The number of thiophene rings is 1. The Morgan fingerprint density at radius 3 is 2.33 bits per heavy atom. The van der Waals surface area contributed by atoms with Crippen molar-refractivity contribution < 1.29 is 14.3 Å². The van der Waals surface area contributed by atoms with Gasteiger partial charge in [0.2, 0.25) is 0 Å². The van der Waals surface area contributed by atoms with Crippen molar-refractivity contribution in [2.75, 3.05) is 45.3 Å². The minimum Gasteiger partial charge on any atom is -0.496 e. The summed E-state index contributed by atoms with van der Waals surface area (Å²) in [6.45, 7) is 11.7. The molecule has 7 nitrogen and oxygen atoms in total. The molecule has 0 saturated carbocycles. The maximum absolute atomic E-state index is 13.5. The molecule has 3 heterocycles. The Kier molecular flexibility index (Phi) is 6.57. The third kappa shape index (κ3) is 4.40. The zero-order valence-corrected chi connectivity index (χ0v) is 23.0. The summed E-state index contributed by atoms with van der Waals surface area (Å²) in [7, 11) is 3.16. The first-order valence-corrected chi connectivity index (χ1v) is 13.6. The van der Waals surface area contributed by atoms with Crippen molar-refractivity contribution in [3.05, 3.63) is 40.0 Å². The highest BCUT2D eigenvalue weighted by Crippen LogP contribution is 2.45. The summed E-state index contributed by atoms with van der Waals surface area (Å²) in [5.74, 6) is 3.54. The van der Waals surface area contributed by atoms with Crippen molar-refractivity contribution in [2.45, 2.75) is 47.0 Å². The van der Waals surface area contributed by atoms with Crippen LogP contribution >= 0.6 is 11.3 Å². The number of methoxy groups -OCH3 is 2. The minimum atomic E-state index is -0.0610. The molecule has 0 unspecified atom stereocenters. The van der Waals surface area contributed by atoms with Crippen molar-refractivity contribution in [3.63, 3.8) is 0 Å². The molecule has 3 aromatic rings. The van der Waals surface area contributed by atoms with E-state index in [-0.39, 0.29) is 5.91 Å². The van der Waals surface area contributed by atoms with E-state index in [1.807, 2.05) is 29.2 Å². The third-order valence-corrected chi connectivity index (χ3v) is 8.88. The van der Waals surface area contributed by atoms with Gasteiger partial charge in [-0.15, -0.1) is 11.3 Å². The number of hydrogen-bond acceptors (Lipinski definition) is 7. The number of anilines is 1. The monoisotopic (exact) mass is 508 g/mol. The molecule has 0 spiro atoms. The van der Waals surface area contributed by atoms with Gasteiger partial charge in [-0.1, -0.05) is 26.8 Å². The Morgan fingerprint density at radius 1 is 1.06 bits per heavy atom. The maximum atomic E-state index is 13.5. The molecule has 0 bridgehead atoms. The maximum Gasteiger partial charge on any atom is 0.261 e. The molecular formula is C28H36N4O3S. The third-order valence-electron chi connectivity index (χ3n) is 7.73. The Morgan fingerprint density at radius 2 is 1.72 bits per heavy atom. The molecule has 0 radical (unpaired) electrons. The summed E-state index contributed by atoms with van der Waals surface area (Å²) < 4.78 is 10.9. The fraction of sp³-hybridized carbons (Fsp3) is 0.536. The summed E-state index contributed by atoms with van der Waals surface area (Å²) >= 11 is 1.85. The van der Waals surface area contributed by atoms with E-state index in [1.54, 1.807) is 26.4 Å². The number of carbonyl (C=O) groups is 1. The highest BCUT2D eigenvalue weighted by molar-refractivity contribution is 7.19. The van der Waals surface area contributed by atoms with Gasteiger partial charge in [-0.05, 0) is 55.2 Å². The number of aromatic nitrogens is 2. The predicted molar refractivity (Wildman–Crippen MR) is 145 cm³/mol.